The van der Waals surface area contributed by atoms with E-state index >= 15 is 0 Å². The predicted octanol–water partition coefficient (Wildman–Crippen LogP) is 3.47. The maximum atomic E-state index is 13.2. The molecule has 6 nitrogen and oxygen atoms in total. The van der Waals surface area contributed by atoms with Gasteiger partial charge in [-0.1, -0.05) is 17.8 Å². The average molecular weight is 375 g/mol. The lowest BCUT2D eigenvalue weighted by Gasteiger charge is -2.27. The molecule has 1 aliphatic heterocycles. The van der Waals surface area contributed by atoms with Crippen molar-refractivity contribution in [3.05, 3.63) is 30.1 Å². The first-order chi connectivity index (χ1) is 12.7. The molecule has 2 fully saturated rings. The van der Waals surface area contributed by atoms with Crippen LogP contribution in [0.3, 0.4) is 0 Å². The summed E-state index contributed by atoms with van der Waals surface area (Å²) >= 11 is 1.39. The molecular formula is C18H22FN5OS. The Bertz CT molecular complexity index is 786. The van der Waals surface area contributed by atoms with Crippen LogP contribution in [0.2, 0.25) is 0 Å². The fraction of sp³-hybridized carbons (Fsp3) is 0.500. The number of carbonyl (C=O) groups is 1. The second-order valence-electron chi connectivity index (χ2n) is 6.78. The fourth-order valence-electron chi connectivity index (χ4n) is 3.22. The number of halogens is 1. The molecule has 8 heteroatoms. The zero-order chi connectivity index (χ0) is 17.9. The van der Waals surface area contributed by atoms with E-state index in [0.717, 1.165) is 37.0 Å². The number of nitrogens with zero attached hydrogens (tertiary/aromatic N) is 4. The Morgan fingerprint density at radius 3 is 2.77 bits per heavy atom. The highest BCUT2D eigenvalue weighted by atomic mass is 32.2. The van der Waals surface area contributed by atoms with Gasteiger partial charge in [-0.25, -0.2) is 4.39 Å². The molecule has 1 aromatic carbocycles. The van der Waals surface area contributed by atoms with Gasteiger partial charge >= 0.3 is 0 Å². The molecule has 1 aliphatic carbocycles. The van der Waals surface area contributed by atoms with E-state index in [2.05, 4.69) is 25.0 Å². The topological polar surface area (TPSA) is 63.1 Å². The minimum Gasteiger partial charge on any atom is -0.341 e. The van der Waals surface area contributed by atoms with E-state index in [-0.39, 0.29) is 17.5 Å². The molecule has 0 unspecified atom stereocenters. The minimum absolute atomic E-state index is 0.175. The van der Waals surface area contributed by atoms with Crippen LogP contribution >= 0.6 is 11.8 Å². The summed E-state index contributed by atoms with van der Waals surface area (Å²) in [7, 11) is 0. The smallest absolute Gasteiger partial charge is 0.234 e. The molecule has 2 aromatic rings. The number of piperidine rings is 1. The molecule has 1 aromatic heterocycles. The van der Waals surface area contributed by atoms with Gasteiger partial charge < -0.3 is 10.2 Å². The highest BCUT2D eigenvalue weighted by Gasteiger charge is 2.32. The van der Waals surface area contributed by atoms with E-state index in [4.69, 9.17) is 0 Å². The van der Waals surface area contributed by atoms with E-state index in [9.17, 15) is 9.18 Å². The first kappa shape index (κ1) is 17.3. The van der Waals surface area contributed by atoms with E-state index in [0.29, 0.717) is 11.7 Å². The van der Waals surface area contributed by atoms with Gasteiger partial charge in [-0.15, -0.1) is 10.2 Å². The second kappa shape index (κ2) is 7.65. The standard InChI is InChI=1S/C18H22FN5OS/c19-13-5-4-6-14(11-13)20-16(25)12-26-18-22-21-17(24(18)15-7-8-15)23-9-2-1-3-10-23/h4-6,11,15H,1-3,7-10,12H2,(H,20,25). The van der Waals surface area contributed by atoms with Crippen molar-refractivity contribution in [3.8, 4) is 0 Å². The molecule has 2 heterocycles. The van der Waals surface area contributed by atoms with Crippen molar-refractivity contribution in [1.29, 1.82) is 0 Å². The molecule has 0 atom stereocenters. The Morgan fingerprint density at radius 2 is 2.04 bits per heavy atom. The molecule has 138 valence electrons. The number of hydrogen-bond donors (Lipinski definition) is 1. The third-order valence-corrected chi connectivity index (χ3v) is 5.58. The maximum Gasteiger partial charge on any atom is 0.234 e. The number of thioether (sulfide) groups is 1. The van der Waals surface area contributed by atoms with Gasteiger partial charge in [-0.05, 0) is 50.3 Å². The Morgan fingerprint density at radius 1 is 1.23 bits per heavy atom. The lowest BCUT2D eigenvalue weighted by molar-refractivity contribution is -0.113. The number of anilines is 2. The van der Waals surface area contributed by atoms with E-state index in [1.165, 1.54) is 43.2 Å². The first-order valence-electron chi connectivity index (χ1n) is 9.09. The zero-order valence-electron chi connectivity index (χ0n) is 14.5. The van der Waals surface area contributed by atoms with Crippen molar-refractivity contribution in [2.45, 2.75) is 43.3 Å². The average Bonchev–Trinajstić information content (AvgIpc) is 3.40. The summed E-state index contributed by atoms with van der Waals surface area (Å²) in [6.45, 7) is 2.05. The minimum atomic E-state index is -0.366. The molecule has 1 saturated heterocycles. The third kappa shape index (κ3) is 4.00. The molecule has 2 aliphatic rings. The molecule has 1 N–H and O–H groups in total. The van der Waals surface area contributed by atoms with Crippen LogP contribution in [0.15, 0.2) is 29.4 Å². The van der Waals surface area contributed by atoms with Crippen molar-refractivity contribution < 1.29 is 9.18 Å². The van der Waals surface area contributed by atoms with Crippen molar-refractivity contribution >= 4 is 29.3 Å². The van der Waals surface area contributed by atoms with Crippen LogP contribution in [0.4, 0.5) is 16.0 Å². The summed E-state index contributed by atoms with van der Waals surface area (Å²) in [6.07, 6.45) is 5.94. The number of hydrogen-bond acceptors (Lipinski definition) is 5. The molecule has 0 spiro atoms. The Hall–Kier alpha value is -2.09. The van der Waals surface area contributed by atoms with Gasteiger partial charge in [0.25, 0.3) is 0 Å². The number of benzene rings is 1. The maximum absolute atomic E-state index is 13.2. The highest BCUT2D eigenvalue weighted by molar-refractivity contribution is 7.99. The SMILES string of the molecule is O=C(CSc1nnc(N2CCCCC2)n1C1CC1)Nc1cccc(F)c1. The lowest BCUT2D eigenvalue weighted by Crippen LogP contribution is -2.32. The molecule has 0 bridgehead atoms. The predicted molar refractivity (Wildman–Crippen MR) is 100 cm³/mol. The van der Waals surface area contributed by atoms with Crippen molar-refractivity contribution in [2.24, 2.45) is 0 Å². The third-order valence-electron chi connectivity index (χ3n) is 4.64. The van der Waals surface area contributed by atoms with E-state index in [1.54, 1.807) is 12.1 Å². The van der Waals surface area contributed by atoms with E-state index < -0.39 is 0 Å². The van der Waals surface area contributed by atoms with Crippen LogP contribution in [-0.4, -0.2) is 39.5 Å². The Balaban J connectivity index is 1.41. The summed E-state index contributed by atoms with van der Waals surface area (Å²) in [4.78, 5) is 14.5. The van der Waals surface area contributed by atoms with Crippen molar-refractivity contribution in [1.82, 2.24) is 14.8 Å². The van der Waals surface area contributed by atoms with Gasteiger partial charge in [-0.2, -0.15) is 0 Å². The molecule has 1 amide bonds. The summed E-state index contributed by atoms with van der Waals surface area (Å²) in [6, 6.07) is 6.36. The first-order valence-corrected chi connectivity index (χ1v) is 10.1. The van der Waals surface area contributed by atoms with Gasteiger partial charge in [0, 0.05) is 24.8 Å². The van der Waals surface area contributed by atoms with Crippen LogP contribution < -0.4 is 10.2 Å². The summed E-state index contributed by atoms with van der Waals surface area (Å²) in [5.41, 5.74) is 0.466. The van der Waals surface area contributed by atoms with Crippen molar-refractivity contribution in [2.75, 3.05) is 29.1 Å². The van der Waals surface area contributed by atoms with Gasteiger partial charge in [0.05, 0.1) is 5.75 Å². The van der Waals surface area contributed by atoms with Gasteiger partial charge in [0.15, 0.2) is 5.16 Å². The number of carbonyl (C=O) groups excluding carboxylic acids is 1. The second-order valence-corrected chi connectivity index (χ2v) is 7.72. The Labute approximate surface area is 156 Å². The van der Waals surface area contributed by atoms with Crippen LogP contribution in [0.5, 0.6) is 0 Å². The number of amides is 1. The van der Waals surface area contributed by atoms with Gasteiger partial charge in [0.1, 0.15) is 5.82 Å². The Kier molecular flexibility index (Phi) is 5.10. The lowest BCUT2D eigenvalue weighted by atomic mass is 10.1. The van der Waals surface area contributed by atoms with Crippen LogP contribution in [-0.2, 0) is 4.79 Å². The largest absolute Gasteiger partial charge is 0.341 e. The zero-order valence-corrected chi connectivity index (χ0v) is 15.3. The quantitative estimate of drug-likeness (QED) is 0.784. The summed E-state index contributed by atoms with van der Waals surface area (Å²) in [5.74, 6) is 0.627. The van der Waals surface area contributed by atoms with Crippen LogP contribution in [0.1, 0.15) is 38.1 Å². The van der Waals surface area contributed by atoms with Crippen LogP contribution in [0, 0.1) is 5.82 Å². The van der Waals surface area contributed by atoms with E-state index in [1.807, 2.05) is 0 Å². The van der Waals surface area contributed by atoms with Gasteiger partial charge in [0.2, 0.25) is 11.9 Å². The molecular weight excluding hydrogens is 353 g/mol. The molecule has 4 rings (SSSR count). The van der Waals surface area contributed by atoms with Crippen LogP contribution in [0.25, 0.3) is 0 Å². The highest BCUT2D eigenvalue weighted by Crippen LogP contribution is 2.41. The monoisotopic (exact) mass is 375 g/mol. The fourth-order valence-corrected chi connectivity index (χ4v) is 4.02. The van der Waals surface area contributed by atoms with Crippen molar-refractivity contribution in [3.63, 3.8) is 0 Å². The summed E-state index contributed by atoms with van der Waals surface area (Å²) in [5, 5.41) is 12.3. The molecule has 1 saturated carbocycles. The molecule has 26 heavy (non-hydrogen) atoms. The number of rotatable bonds is 6. The number of nitrogens with one attached hydrogen (secondary N) is 1. The molecule has 0 radical (unpaired) electrons. The van der Waals surface area contributed by atoms with Gasteiger partial charge in [-0.3, -0.25) is 9.36 Å². The number of aromatic nitrogens is 3. The normalized spacial score (nSPS) is 17.3. The summed E-state index contributed by atoms with van der Waals surface area (Å²) < 4.78 is 15.4.